The third kappa shape index (κ3) is 2.02. The molecule has 1 amide bonds. The van der Waals surface area contributed by atoms with Crippen LogP contribution in [-0.2, 0) is 9.53 Å². The van der Waals surface area contributed by atoms with Crippen molar-refractivity contribution >= 4 is 5.91 Å². The highest BCUT2D eigenvalue weighted by atomic mass is 16.5. The summed E-state index contributed by atoms with van der Waals surface area (Å²) in [5.41, 5.74) is 0. The number of methoxy groups -OCH3 is 1. The molecule has 1 unspecified atom stereocenters. The number of rotatable bonds is 4. The molecule has 1 rings (SSSR count). The summed E-state index contributed by atoms with van der Waals surface area (Å²) in [6, 6.07) is 0. The van der Waals surface area contributed by atoms with Crippen LogP contribution in [-0.4, -0.2) is 19.6 Å². The van der Waals surface area contributed by atoms with Gasteiger partial charge < -0.3 is 10.1 Å². The predicted octanol–water partition coefficient (Wildman–Crippen LogP) is 1.31. The Balaban J connectivity index is 2.65. The molecule has 74 valence electrons. The molecule has 0 aromatic rings. The predicted molar refractivity (Wildman–Crippen MR) is 51.0 cm³/mol. The molecule has 1 heterocycles. The lowest BCUT2D eigenvalue weighted by molar-refractivity contribution is -0.122. The lowest BCUT2D eigenvalue weighted by Crippen LogP contribution is -2.22. The van der Waals surface area contributed by atoms with Crippen LogP contribution >= 0.6 is 0 Å². The van der Waals surface area contributed by atoms with Crippen LogP contribution in [0.1, 0.15) is 19.8 Å². The van der Waals surface area contributed by atoms with Gasteiger partial charge in [-0.3, -0.25) is 4.79 Å². The second kappa shape index (κ2) is 4.30. The average molecular weight is 183 g/mol. The van der Waals surface area contributed by atoms with Crippen LogP contribution in [0.5, 0.6) is 0 Å². The van der Waals surface area contributed by atoms with Gasteiger partial charge in [-0.15, -0.1) is 0 Å². The van der Waals surface area contributed by atoms with Gasteiger partial charge in [0.15, 0.2) is 0 Å². The number of amides is 1. The molecule has 3 heteroatoms. The molecule has 0 saturated carbocycles. The average Bonchev–Trinajstić information content (AvgIpc) is 2.47. The van der Waals surface area contributed by atoms with E-state index < -0.39 is 0 Å². The Morgan fingerprint density at radius 2 is 2.46 bits per heavy atom. The molecule has 3 nitrogen and oxygen atoms in total. The molecule has 1 fully saturated rings. The Labute approximate surface area is 79.2 Å². The van der Waals surface area contributed by atoms with Gasteiger partial charge in [-0.05, 0) is 12.3 Å². The Bertz CT molecular complexity index is 213. The Kier molecular flexibility index (Phi) is 3.34. The number of ether oxygens (including phenoxy) is 1. The summed E-state index contributed by atoms with van der Waals surface area (Å²) >= 11 is 0. The maximum Gasteiger partial charge on any atom is 0.231 e. The van der Waals surface area contributed by atoms with Crippen molar-refractivity contribution < 1.29 is 9.53 Å². The summed E-state index contributed by atoms with van der Waals surface area (Å²) in [4.78, 5) is 11.4. The Morgan fingerprint density at radius 3 is 3.00 bits per heavy atom. The van der Waals surface area contributed by atoms with Crippen LogP contribution in [0, 0.1) is 11.8 Å². The topological polar surface area (TPSA) is 38.3 Å². The van der Waals surface area contributed by atoms with Gasteiger partial charge in [0.25, 0.3) is 0 Å². The van der Waals surface area contributed by atoms with E-state index in [0.717, 1.165) is 19.4 Å². The van der Waals surface area contributed by atoms with Crippen molar-refractivity contribution in [3.8, 4) is 0 Å². The fourth-order valence-electron chi connectivity index (χ4n) is 1.85. The zero-order valence-corrected chi connectivity index (χ0v) is 8.30. The highest BCUT2D eigenvalue weighted by Crippen LogP contribution is 2.28. The zero-order valence-electron chi connectivity index (χ0n) is 8.30. The monoisotopic (exact) mass is 183 g/mol. The molecule has 1 aliphatic heterocycles. The molecule has 0 aliphatic carbocycles. The van der Waals surface area contributed by atoms with Crippen molar-refractivity contribution in [3.63, 3.8) is 0 Å². The standard InChI is InChI=1S/C10H17NO2/c1-4-5-8-6-11-10(12)9(8)7(2)13-3/h8-9H,2,4-6H2,1,3H3,(H,11,12)/t8-,9?/m0/s1. The fourth-order valence-corrected chi connectivity index (χ4v) is 1.85. The summed E-state index contributed by atoms with van der Waals surface area (Å²) in [7, 11) is 1.57. The van der Waals surface area contributed by atoms with Crippen LogP contribution in [0.15, 0.2) is 12.3 Å². The Hall–Kier alpha value is -0.990. The molecule has 1 aliphatic rings. The van der Waals surface area contributed by atoms with E-state index in [0.29, 0.717) is 11.7 Å². The summed E-state index contributed by atoms with van der Waals surface area (Å²) < 4.78 is 5.03. The van der Waals surface area contributed by atoms with Gasteiger partial charge >= 0.3 is 0 Å². The molecule has 0 radical (unpaired) electrons. The largest absolute Gasteiger partial charge is 0.501 e. The smallest absolute Gasteiger partial charge is 0.231 e. The highest BCUT2D eigenvalue weighted by molar-refractivity contribution is 5.83. The first-order chi connectivity index (χ1) is 6.20. The lowest BCUT2D eigenvalue weighted by atomic mass is 9.90. The van der Waals surface area contributed by atoms with Gasteiger partial charge in [-0.25, -0.2) is 0 Å². The maximum absolute atomic E-state index is 11.4. The van der Waals surface area contributed by atoms with E-state index in [1.165, 1.54) is 0 Å². The molecule has 0 bridgehead atoms. The maximum atomic E-state index is 11.4. The van der Waals surface area contributed by atoms with E-state index in [4.69, 9.17) is 4.74 Å². The number of nitrogens with one attached hydrogen (secondary N) is 1. The second-order valence-corrected chi connectivity index (χ2v) is 3.44. The molecular formula is C10H17NO2. The van der Waals surface area contributed by atoms with Gasteiger partial charge in [-0.2, -0.15) is 0 Å². The van der Waals surface area contributed by atoms with Crippen molar-refractivity contribution in [2.45, 2.75) is 19.8 Å². The fraction of sp³-hybridized carbons (Fsp3) is 0.700. The lowest BCUT2D eigenvalue weighted by Gasteiger charge is -2.16. The van der Waals surface area contributed by atoms with Gasteiger partial charge in [0.05, 0.1) is 13.0 Å². The minimum atomic E-state index is -0.134. The van der Waals surface area contributed by atoms with Gasteiger partial charge in [0.1, 0.15) is 5.76 Å². The summed E-state index contributed by atoms with van der Waals surface area (Å²) in [5.74, 6) is 0.883. The van der Waals surface area contributed by atoms with Crippen LogP contribution in [0.4, 0.5) is 0 Å². The molecule has 0 aromatic heterocycles. The molecule has 13 heavy (non-hydrogen) atoms. The van der Waals surface area contributed by atoms with Crippen molar-refractivity contribution in [2.75, 3.05) is 13.7 Å². The summed E-state index contributed by atoms with van der Waals surface area (Å²) in [6.45, 7) is 6.64. The van der Waals surface area contributed by atoms with Gasteiger partial charge in [-0.1, -0.05) is 19.9 Å². The molecule has 1 N–H and O–H groups in total. The van der Waals surface area contributed by atoms with Crippen molar-refractivity contribution in [1.29, 1.82) is 0 Å². The molecule has 0 aromatic carbocycles. The van der Waals surface area contributed by atoms with E-state index in [-0.39, 0.29) is 11.8 Å². The molecule has 2 atom stereocenters. The number of carbonyl (C=O) groups is 1. The minimum Gasteiger partial charge on any atom is -0.501 e. The van der Waals surface area contributed by atoms with E-state index >= 15 is 0 Å². The number of hydrogen-bond acceptors (Lipinski definition) is 2. The molecular weight excluding hydrogens is 166 g/mol. The SMILES string of the molecule is C=C(OC)C1C(=O)NC[C@@H]1CCC. The summed E-state index contributed by atoms with van der Waals surface area (Å²) in [6.07, 6.45) is 2.14. The normalized spacial score (nSPS) is 27.1. The van der Waals surface area contributed by atoms with E-state index in [1.54, 1.807) is 7.11 Å². The first-order valence-corrected chi connectivity index (χ1v) is 4.71. The first-order valence-electron chi connectivity index (χ1n) is 4.71. The minimum absolute atomic E-state index is 0.0605. The number of carbonyl (C=O) groups excluding carboxylic acids is 1. The van der Waals surface area contributed by atoms with Gasteiger partial charge in [0.2, 0.25) is 5.91 Å². The van der Waals surface area contributed by atoms with Crippen LogP contribution in [0.2, 0.25) is 0 Å². The van der Waals surface area contributed by atoms with Crippen LogP contribution in [0.25, 0.3) is 0 Å². The van der Waals surface area contributed by atoms with Crippen molar-refractivity contribution in [1.82, 2.24) is 5.32 Å². The van der Waals surface area contributed by atoms with E-state index in [2.05, 4.69) is 18.8 Å². The molecule has 1 saturated heterocycles. The van der Waals surface area contributed by atoms with Crippen molar-refractivity contribution in [2.24, 2.45) is 11.8 Å². The second-order valence-electron chi connectivity index (χ2n) is 3.44. The molecule has 0 spiro atoms. The first kappa shape index (κ1) is 10.1. The number of hydrogen-bond donors (Lipinski definition) is 1. The zero-order chi connectivity index (χ0) is 9.84. The third-order valence-electron chi connectivity index (χ3n) is 2.56. The van der Waals surface area contributed by atoms with Crippen molar-refractivity contribution in [3.05, 3.63) is 12.3 Å². The van der Waals surface area contributed by atoms with Crippen LogP contribution < -0.4 is 5.32 Å². The summed E-state index contributed by atoms with van der Waals surface area (Å²) in [5, 5.41) is 2.84. The Morgan fingerprint density at radius 1 is 1.77 bits per heavy atom. The van der Waals surface area contributed by atoms with Gasteiger partial charge in [0, 0.05) is 6.54 Å². The van der Waals surface area contributed by atoms with E-state index in [1.807, 2.05) is 0 Å². The third-order valence-corrected chi connectivity index (χ3v) is 2.56. The quantitative estimate of drug-likeness (QED) is 0.667. The highest BCUT2D eigenvalue weighted by Gasteiger charge is 2.36. The van der Waals surface area contributed by atoms with E-state index in [9.17, 15) is 4.79 Å². The van der Waals surface area contributed by atoms with Crippen LogP contribution in [0.3, 0.4) is 0 Å².